The predicted molar refractivity (Wildman–Crippen MR) is 91.8 cm³/mol. The van der Waals surface area contributed by atoms with Gasteiger partial charge >= 0.3 is 12.1 Å². The van der Waals surface area contributed by atoms with Crippen LogP contribution in [0.4, 0.5) is 13.2 Å². The van der Waals surface area contributed by atoms with Gasteiger partial charge in [-0.2, -0.15) is 13.2 Å². The number of carboxylic acid groups (broad SMARTS) is 1. The second kappa shape index (κ2) is 7.75. The van der Waals surface area contributed by atoms with Crippen LogP contribution in [-0.4, -0.2) is 21.7 Å². The summed E-state index contributed by atoms with van der Waals surface area (Å²) in [4.78, 5) is 15.7. The van der Waals surface area contributed by atoms with Crippen molar-refractivity contribution in [2.24, 2.45) is 0 Å². The Hall–Kier alpha value is -1.93. The summed E-state index contributed by atoms with van der Waals surface area (Å²) >= 11 is 6.97. The highest BCUT2D eigenvalue weighted by molar-refractivity contribution is 7.99. The van der Waals surface area contributed by atoms with Crippen molar-refractivity contribution in [2.45, 2.75) is 42.0 Å². The average molecular weight is 406 g/mol. The largest absolute Gasteiger partial charge is 0.478 e. The second-order valence-corrected chi connectivity index (χ2v) is 7.04. The van der Waals surface area contributed by atoms with Crippen molar-refractivity contribution in [3.8, 4) is 5.75 Å². The molecule has 2 rings (SSSR count). The van der Waals surface area contributed by atoms with Crippen LogP contribution in [0.2, 0.25) is 5.02 Å². The summed E-state index contributed by atoms with van der Waals surface area (Å²) in [5.74, 6) is -0.702. The van der Waals surface area contributed by atoms with E-state index in [2.05, 4.69) is 4.98 Å². The number of rotatable bonds is 6. The van der Waals surface area contributed by atoms with Crippen LogP contribution < -0.4 is 4.74 Å². The number of nitrogens with zero attached hydrogens (tertiary/aromatic N) is 1. The third-order valence-corrected chi connectivity index (χ3v) is 5.07. The fourth-order valence-electron chi connectivity index (χ4n) is 1.87. The molecule has 1 unspecified atom stereocenters. The van der Waals surface area contributed by atoms with Crippen LogP contribution in [0.5, 0.6) is 5.75 Å². The van der Waals surface area contributed by atoms with Crippen molar-refractivity contribution in [3.63, 3.8) is 0 Å². The van der Waals surface area contributed by atoms with E-state index in [0.717, 1.165) is 24.0 Å². The fourth-order valence-corrected chi connectivity index (χ4v) is 2.91. The highest BCUT2D eigenvalue weighted by Crippen LogP contribution is 2.36. The van der Waals surface area contributed by atoms with Crippen molar-refractivity contribution < 1.29 is 27.8 Å². The van der Waals surface area contributed by atoms with Crippen molar-refractivity contribution in [1.82, 2.24) is 4.98 Å². The number of aliphatic carboxylic acids is 1. The molecule has 0 aliphatic rings. The number of alkyl halides is 3. The number of ether oxygens (including phenoxy) is 1. The standard InChI is InChI=1S/C17H15ClF3NO3S/c1-3-16(2,15(23)24)25-11-4-6-12(7-5-11)26-14-13(18)8-10(9-22-14)17(19,20)21/h4-9H,3H2,1-2H3,(H,23,24). The molecule has 140 valence electrons. The molecular formula is C17H15ClF3NO3S. The molecule has 0 saturated carbocycles. The number of carboxylic acids is 1. The van der Waals surface area contributed by atoms with Gasteiger partial charge in [-0.3, -0.25) is 0 Å². The molecule has 0 aliphatic carbocycles. The minimum absolute atomic E-state index is 0.102. The van der Waals surface area contributed by atoms with Gasteiger partial charge in [0.1, 0.15) is 10.8 Å². The molecule has 1 aromatic heterocycles. The van der Waals surface area contributed by atoms with Crippen LogP contribution >= 0.6 is 23.4 Å². The Bertz CT molecular complexity index is 799. The van der Waals surface area contributed by atoms with Crippen molar-refractivity contribution in [1.29, 1.82) is 0 Å². The van der Waals surface area contributed by atoms with Crippen LogP contribution in [0.25, 0.3) is 0 Å². The zero-order valence-electron chi connectivity index (χ0n) is 13.8. The summed E-state index contributed by atoms with van der Waals surface area (Å²) in [6, 6.07) is 7.28. The Balaban J connectivity index is 2.14. The molecule has 0 aliphatic heterocycles. The molecule has 4 nitrogen and oxygen atoms in total. The van der Waals surface area contributed by atoms with E-state index in [9.17, 15) is 23.1 Å². The molecule has 0 saturated heterocycles. The monoisotopic (exact) mass is 405 g/mol. The van der Waals surface area contributed by atoms with Gasteiger partial charge in [-0.05, 0) is 43.7 Å². The lowest BCUT2D eigenvalue weighted by Gasteiger charge is -2.24. The Labute approximate surface area is 157 Å². The van der Waals surface area contributed by atoms with Crippen LogP contribution in [0.15, 0.2) is 46.5 Å². The number of benzene rings is 1. The van der Waals surface area contributed by atoms with Gasteiger partial charge in [0.05, 0.1) is 10.6 Å². The normalized spacial score (nSPS) is 13.9. The number of carbonyl (C=O) groups is 1. The molecule has 1 N–H and O–H groups in total. The zero-order valence-corrected chi connectivity index (χ0v) is 15.4. The van der Waals surface area contributed by atoms with E-state index in [1.807, 2.05) is 0 Å². The molecule has 0 amide bonds. The maximum absolute atomic E-state index is 12.6. The lowest BCUT2D eigenvalue weighted by molar-refractivity contribution is -0.154. The van der Waals surface area contributed by atoms with Crippen LogP contribution in [0, 0.1) is 0 Å². The summed E-state index contributed by atoms with van der Waals surface area (Å²) in [7, 11) is 0. The average Bonchev–Trinajstić information content (AvgIpc) is 2.57. The summed E-state index contributed by atoms with van der Waals surface area (Å²) < 4.78 is 43.4. The van der Waals surface area contributed by atoms with Gasteiger partial charge in [-0.1, -0.05) is 30.3 Å². The second-order valence-electron chi connectivity index (χ2n) is 5.57. The minimum Gasteiger partial charge on any atom is -0.478 e. The molecule has 26 heavy (non-hydrogen) atoms. The number of hydrogen-bond donors (Lipinski definition) is 1. The summed E-state index contributed by atoms with van der Waals surface area (Å²) in [6.45, 7) is 3.18. The Morgan fingerprint density at radius 2 is 1.92 bits per heavy atom. The molecule has 0 radical (unpaired) electrons. The molecule has 1 heterocycles. The van der Waals surface area contributed by atoms with Gasteiger partial charge in [-0.15, -0.1) is 0 Å². The summed E-state index contributed by atoms with van der Waals surface area (Å²) in [5.41, 5.74) is -2.25. The Morgan fingerprint density at radius 1 is 1.31 bits per heavy atom. The summed E-state index contributed by atoms with van der Waals surface area (Å²) in [6.07, 6.45) is -3.50. The topological polar surface area (TPSA) is 59.4 Å². The van der Waals surface area contributed by atoms with Crippen molar-refractivity contribution in [3.05, 3.63) is 47.1 Å². The van der Waals surface area contributed by atoms with Gasteiger partial charge < -0.3 is 9.84 Å². The third-order valence-electron chi connectivity index (χ3n) is 3.64. The molecule has 2 aromatic rings. The fraction of sp³-hybridized carbons (Fsp3) is 0.294. The lowest BCUT2D eigenvalue weighted by atomic mass is 10.0. The van der Waals surface area contributed by atoms with Gasteiger partial charge in [-0.25, -0.2) is 9.78 Å². The molecule has 1 atom stereocenters. The predicted octanol–water partition coefficient (Wildman–Crippen LogP) is 5.54. The van der Waals surface area contributed by atoms with E-state index in [-0.39, 0.29) is 16.5 Å². The van der Waals surface area contributed by atoms with Gasteiger partial charge in [0.2, 0.25) is 5.60 Å². The van der Waals surface area contributed by atoms with Crippen molar-refractivity contribution in [2.75, 3.05) is 0 Å². The van der Waals surface area contributed by atoms with Crippen LogP contribution in [-0.2, 0) is 11.0 Å². The molecule has 1 aromatic carbocycles. The highest BCUT2D eigenvalue weighted by atomic mass is 35.5. The Morgan fingerprint density at radius 3 is 2.38 bits per heavy atom. The number of aromatic nitrogens is 1. The molecular weight excluding hydrogens is 391 g/mol. The quantitative estimate of drug-likeness (QED) is 0.684. The smallest absolute Gasteiger partial charge is 0.417 e. The zero-order chi connectivity index (χ0) is 19.5. The first kappa shape index (κ1) is 20.4. The molecule has 0 bridgehead atoms. The molecule has 0 spiro atoms. The van der Waals surface area contributed by atoms with Gasteiger partial charge in [0.25, 0.3) is 0 Å². The van der Waals surface area contributed by atoms with Gasteiger partial charge in [0.15, 0.2) is 0 Å². The Kier molecular flexibility index (Phi) is 6.08. The molecule has 0 fully saturated rings. The van der Waals surface area contributed by atoms with Crippen LogP contribution in [0.1, 0.15) is 25.8 Å². The third kappa shape index (κ3) is 4.82. The van der Waals surface area contributed by atoms with E-state index in [4.69, 9.17) is 16.3 Å². The maximum atomic E-state index is 12.6. The SMILES string of the molecule is CCC(C)(Oc1ccc(Sc2ncc(C(F)(F)F)cc2Cl)cc1)C(=O)O. The first-order chi connectivity index (χ1) is 12.0. The summed E-state index contributed by atoms with van der Waals surface area (Å²) in [5, 5.41) is 9.35. The number of halogens is 4. The number of pyridine rings is 1. The van der Waals surface area contributed by atoms with Crippen LogP contribution in [0.3, 0.4) is 0 Å². The van der Waals surface area contributed by atoms with Gasteiger partial charge in [0, 0.05) is 11.1 Å². The lowest BCUT2D eigenvalue weighted by Crippen LogP contribution is -2.40. The first-order valence-electron chi connectivity index (χ1n) is 7.48. The number of hydrogen-bond acceptors (Lipinski definition) is 4. The maximum Gasteiger partial charge on any atom is 0.417 e. The first-order valence-corrected chi connectivity index (χ1v) is 8.67. The van der Waals surface area contributed by atoms with E-state index in [1.54, 1.807) is 31.2 Å². The molecule has 9 heteroatoms. The van der Waals surface area contributed by atoms with E-state index in [0.29, 0.717) is 10.6 Å². The highest BCUT2D eigenvalue weighted by Gasteiger charge is 2.33. The van der Waals surface area contributed by atoms with Crippen molar-refractivity contribution >= 4 is 29.3 Å². The van der Waals surface area contributed by atoms with E-state index < -0.39 is 23.3 Å². The minimum atomic E-state index is -4.51. The van der Waals surface area contributed by atoms with E-state index >= 15 is 0 Å². The van der Waals surface area contributed by atoms with E-state index in [1.165, 1.54) is 6.92 Å².